The van der Waals surface area contributed by atoms with Gasteiger partial charge in [-0.05, 0) is 25.8 Å². The number of hydrogen-bond acceptors (Lipinski definition) is 0. The number of rotatable bonds is 1. The Bertz CT molecular complexity index is 130. The number of allylic oxidation sites excluding steroid dienone is 2. The van der Waals surface area contributed by atoms with Crippen LogP contribution >= 0.6 is 0 Å². The summed E-state index contributed by atoms with van der Waals surface area (Å²) in [6, 6.07) is 0. The van der Waals surface area contributed by atoms with Crippen LogP contribution in [-0.4, -0.2) is 0 Å². The van der Waals surface area contributed by atoms with Gasteiger partial charge < -0.3 is 0 Å². The first kappa shape index (κ1) is 7.30. The van der Waals surface area contributed by atoms with Crippen LogP contribution in [0.4, 0.5) is 0 Å². The van der Waals surface area contributed by atoms with Gasteiger partial charge in [0.05, 0.1) is 0 Å². The SMILES string of the molecule is CC#C/C(C)=C/CC. The second-order valence-corrected chi connectivity index (χ2v) is 1.67. The van der Waals surface area contributed by atoms with Crippen molar-refractivity contribution in [1.82, 2.24) is 0 Å². The highest BCUT2D eigenvalue weighted by molar-refractivity contribution is 5.25. The van der Waals surface area contributed by atoms with Crippen LogP contribution in [0.5, 0.6) is 0 Å². The molecule has 0 rings (SSSR count). The van der Waals surface area contributed by atoms with Crippen molar-refractivity contribution in [3.05, 3.63) is 11.6 Å². The highest BCUT2D eigenvalue weighted by Crippen LogP contribution is 1.90. The maximum atomic E-state index is 2.96. The van der Waals surface area contributed by atoms with Gasteiger partial charge in [-0.25, -0.2) is 0 Å². The Morgan fingerprint density at radius 1 is 1.62 bits per heavy atom. The van der Waals surface area contributed by atoms with E-state index in [4.69, 9.17) is 0 Å². The van der Waals surface area contributed by atoms with Gasteiger partial charge >= 0.3 is 0 Å². The summed E-state index contributed by atoms with van der Waals surface area (Å²) < 4.78 is 0. The summed E-state index contributed by atoms with van der Waals surface area (Å²) in [6.45, 7) is 5.99. The van der Waals surface area contributed by atoms with Crippen molar-refractivity contribution in [2.24, 2.45) is 0 Å². The Balaban J connectivity index is 3.74. The van der Waals surface area contributed by atoms with Crippen LogP contribution in [0.3, 0.4) is 0 Å². The van der Waals surface area contributed by atoms with Crippen LogP contribution in [0.1, 0.15) is 27.2 Å². The van der Waals surface area contributed by atoms with Crippen LogP contribution in [-0.2, 0) is 0 Å². The predicted octanol–water partition coefficient (Wildman–Crippen LogP) is 2.37. The summed E-state index contributed by atoms with van der Waals surface area (Å²) in [4.78, 5) is 0. The minimum atomic E-state index is 1.08. The van der Waals surface area contributed by atoms with Gasteiger partial charge in [-0.2, -0.15) is 0 Å². The molecule has 0 aliphatic heterocycles. The molecule has 0 radical (unpaired) electrons. The maximum absolute atomic E-state index is 2.96. The van der Waals surface area contributed by atoms with Gasteiger partial charge in [0.25, 0.3) is 0 Å². The van der Waals surface area contributed by atoms with E-state index in [9.17, 15) is 0 Å². The van der Waals surface area contributed by atoms with Gasteiger partial charge in [0.1, 0.15) is 0 Å². The van der Waals surface area contributed by atoms with Crippen molar-refractivity contribution in [2.45, 2.75) is 27.2 Å². The molecule has 0 amide bonds. The summed E-state index contributed by atoms with van der Waals surface area (Å²) in [5, 5.41) is 0. The van der Waals surface area contributed by atoms with Gasteiger partial charge in [0.2, 0.25) is 0 Å². The molecule has 0 heteroatoms. The molecule has 0 heterocycles. The Morgan fingerprint density at radius 2 is 2.25 bits per heavy atom. The summed E-state index contributed by atoms with van der Waals surface area (Å²) in [6.07, 6.45) is 3.21. The normalized spacial score (nSPS) is 10.1. The van der Waals surface area contributed by atoms with Crippen LogP contribution in [0.2, 0.25) is 0 Å². The standard InChI is InChI=1S/C8H12/c1-4-6-8(3)7-5-2/h6H,4H2,1-3H3/b8-6+. The van der Waals surface area contributed by atoms with E-state index < -0.39 is 0 Å². The highest BCUT2D eigenvalue weighted by Gasteiger charge is 1.73. The maximum Gasteiger partial charge on any atom is -0.00234 e. The van der Waals surface area contributed by atoms with E-state index in [1.54, 1.807) is 0 Å². The molecule has 0 aliphatic rings. The third-order valence-corrected chi connectivity index (χ3v) is 0.832. The first-order valence-electron chi connectivity index (χ1n) is 2.90. The van der Waals surface area contributed by atoms with Crippen LogP contribution in [0.15, 0.2) is 11.6 Å². The zero-order chi connectivity index (χ0) is 6.41. The van der Waals surface area contributed by atoms with Gasteiger partial charge in [0.15, 0.2) is 0 Å². The van der Waals surface area contributed by atoms with Crippen molar-refractivity contribution in [3.8, 4) is 11.8 Å². The summed E-state index contributed by atoms with van der Waals surface area (Å²) >= 11 is 0. The van der Waals surface area contributed by atoms with E-state index in [-0.39, 0.29) is 0 Å². The van der Waals surface area contributed by atoms with Crippen molar-refractivity contribution in [3.63, 3.8) is 0 Å². The molecule has 0 fully saturated rings. The monoisotopic (exact) mass is 108 g/mol. The smallest absolute Gasteiger partial charge is 0.00234 e. The molecule has 0 aliphatic carbocycles. The molecule has 0 unspecified atom stereocenters. The van der Waals surface area contributed by atoms with E-state index >= 15 is 0 Å². The lowest BCUT2D eigenvalue weighted by molar-refractivity contribution is 1.20. The summed E-state index contributed by atoms with van der Waals surface area (Å²) in [5.41, 5.74) is 1.18. The zero-order valence-electron chi connectivity index (χ0n) is 5.78. The average molecular weight is 108 g/mol. The van der Waals surface area contributed by atoms with Crippen molar-refractivity contribution in [1.29, 1.82) is 0 Å². The molecule has 0 saturated carbocycles. The lowest BCUT2D eigenvalue weighted by atomic mass is 10.2. The van der Waals surface area contributed by atoms with E-state index in [0.29, 0.717) is 0 Å². The Kier molecular flexibility index (Phi) is 4.07. The van der Waals surface area contributed by atoms with Gasteiger partial charge in [-0.3, -0.25) is 0 Å². The summed E-state index contributed by atoms with van der Waals surface area (Å²) in [7, 11) is 0. The van der Waals surface area contributed by atoms with Crippen LogP contribution < -0.4 is 0 Å². The second kappa shape index (κ2) is 4.46. The quantitative estimate of drug-likeness (QED) is 0.452. The minimum Gasteiger partial charge on any atom is -0.102 e. The molecule has 0 aromatic rings. The van der Waals surface area contributed by atoms with Crippen molar-refractivity contribution >= 4 is 0 Å². The Hall–Kier alpha value is -0.700. The molecule has 8 heavy (non-hydrogen) atoms. The fourth-order valence-electron chi connectivity index (χ4n) is 0.554. The van der Waals surface area contributed by atoms with Crippen LogP contribution in [0, 0.1) is 11.8 Å². The Morgan fingerprint density at radius 3 is 2.62 bits per heavy atom. The Labute approximate surface area is 51.6 Å². The van der Waals surface area contributed by atoms with E-state index in [2.05, 4.69) is 24.8 Å². The van der Waals surface area contributed by atoms with Crippen LogP contribution in [0.25, 0.3) is 0 Å². The van der Waals surface area contributed by atoms with Gasteiger partial charge in [-0.1, -0.05) is 18.9 Å². The second-order valence-electron chi connectivity index (χ2n) is 1.67. The summed E-state index contributed by atoms with van der Waals surface area (Å²) in [5.74, 6) is 5.79. The van der Waals surface area contributed by atoms with Gasteiger partial charge in [-0.15, -0.1) is 5.92 Å². The molecule has 0 spiro atoms. The lowest BCUT2D eigenvalue weighted by Crippen LogP contribution is -1.65. The fraction of sp³-hybridized carbons (Fsp3) is 0.500. The molecule has 0 atom stereocenters. The zero-order valence-corrected chi connectivity index (χ0v) is 5.78. The van der Waals surface area contributed by atoms with E-state index in [1.165, 1.54) is 5.57 Å². The molecule has 0 aromatic carbocycles. The first-order chi connectivity index (χ1) is 3.81. The van der Waals surface area contributed by atoms with Crippen molar-refractivity contribution < 1.29 is 0 Å². The molecule has 0 bridgehead atoms. The molecular formula is C8H12. The minimum absolute atomic E-state index is 1.08. The third kappa shape index (κ3) is 3.49. The molecule has 0 N–H and O–H groups in total. The molecule has 0 aromatic heterocycles. The molecule has 44 valence electrons. The fourth-order valence-corrected chi connectivity index (χ4v) is 0.554. The third-order valence-electron chi connectivity index (χ3n) is 0.832. The molecular weight excluding hydrogens is 96.1 g/mol. The topological polar surface area (TPSA) is 0 Å². The first-order valence-corrected chi connectivity index (χ1v) is 2.90. The van der Waals surface area contributed by atoms with E-state index in [1.807, 2.05) is 13.8 Å². The largest absolute Gasteiger partial charge is 0.102 e. The van der Waals surface area contributed by atoms with E-state index in [0.717, 1.165) is 6.42 Å². The van der Waals surface area contributed by atoms with Gasteiger partial charge in [0, 0.05) is 0 Å². The number of hydrogen-bond donors (Lipinski definition) is 0. The molecule has 0 nitrogen and oxygen atoms in total. The average Bonchev–Trinajstić information content (AvgIpc) is 1.68. The lowest BCUT2D eigenvalue weighted by Gasteiger charge is -1.81. The molecule has 0 saturated heterocycles. The highest BCUT2D eigenvalue weighted by atomic mass is 13.8. The van der Waals surface area contributed by atoms with Crippen molar-refractivity contribution in [2.75, 3.05) is 0 Å². The predicted molar refractivity (Wildman–Crippen MR) is 37.5 cm³/mol.